The molecule has 0 spiro atoms. The SMILES string of the molecule is CCCCNC(=O)N1CCCCC1c1nc(-c2ccc(F)cc2)no1. The first kappa shape index (κ1) is 17.4. The smallest absolute Gasteiger partial charge is 0.318 e. The highest BCUT2D eigenvalue weighted by atomic mass is 19.1. The monoisotopic (exact) mass is 346 g/mol. The van der Waals surface area contributed by atoms with Gasteiger partial charge in [-0.3, -0.25) is 0 Å². The lowest BCUT2D eigenvalue weighted by atomic mass is 10.0. The van der Waals surface area contributed by atoms with Crippen LogP contribution in [0.15, 0.2) is 28.8 Å². The number of halogens is 1. The average Bonchev–Trinajstić information content (AvgIpc) is 3.12. The van der Waals surface area contributed by atoms with E-state index in [1.165, 1.54) is 12.1 Å². The molecule has 1 saturated heterocycles. The Hall–Kier alpha value is -2.44. The third-order valence-corrected chi connectivity index (χ3v) is 4.40. The number of aromatic nitrogens is 2. The minimum Gasteiger partial charge on any atom is -0.338 e. The molecule has 1 aliphatic rings. The molecule has 0 radical (unpaired) electrons. The predicted molar refractivity (Wildman–Crippen MR) is 91.3 cm³/mol. The maximum atomic E-state index is 13.1. The molecule has 1 unspecified atom stereocenters. The maximum Gasteiger partial charge on any atom is 0.318 e. The number of amides is 2. The summed E-state index contributed by atoms with van der Waals surface area (Å²) in [5, 5.41) is 6.95. The van der Waals surface area contributed by atoms with Crippen molar-refractivity contribution in [2.75, 3.05) is 13.1 Å². The summed E-state index contributed by atoms with van der Waals surface area (Å²) in [6.45, 7) is 3.44. The fourth-order valence-corrected chi connectivity index (χ4v) is 2.99. The lowest BCUT2D eigenvalue weighted by Crippen LogP contribution is -2.45. The molecular weight excluding hydrogens is 323 g/mol. The van der Waals surface area contributed by atoms with Gasteiger partial charge in [0.05, 0.1) is 0 Å². The van der Waals surface area contributed by atoms with E-state index in [1.807, 2.05) is 0 Å². The van der Waals surface area contributed by atoms with Gasteiger partial charge in [0.15, 0.2) is 0 Å². The minimum atomic E-state index is -0.310. The molecular formula is C18H23FN4O2. The highest BCUT2D eigenvalue weighted by molar-refractivity contribution is 5.74. The summed E-state index contributed by atoms with van der Waals surface area (Å²) in [7, 11) is 0. The summed E-state index contributed by atoms with van der Waals surface area (Å²) >= 11 is 0. The fourth-order valence-electron chi connectivity index (χ4n) is 2.99. The van der Waals surface area contributed by atoms with E-state index in [9.17, 15) is 9.18 Å². The van der Waals surface area contributed by atoms with Crippen LogP contribution in [0.2, 0.25) is 0 Å². The second-order valence-corrected chi connectivity index (χ2v) is 6.25. The molecule has 134 valence electrons. The van der Waals surface area contributed by atoms with Crippen LogP contribution in [0.5, 0.6) is 0 Å². The quantitative estimate of drug-likeness (QED) is 0.833. The first-order valence-electron chi connectivity index (χ1n) is 8.83. The summed E-state index contributed by atoms with van der Waals surface area (Å²) < 4.78 is 18.5. The molecule has 1 aromatic heterocycles. The van der Waals surface area contributed by atoms with Crippen LogP contribution < -0.4 is 5.32 Å². The topological polar surface area (TPSA) is 71.3 Å². The Kier molecular flexibility index (Phi) is 5.63. The van der Waals surface area contributed by atoms with E-state index in [-0.39, 0.29) is 17.9 Å². The first-order chi connectivity index (χ1) is 12.2. The van der Waals surface area contributed by atoms with Gasteiger partial charge in [-0.05, 0) is 49.9 Å². The van der Waals surface area contributed by atoms with E-state index < -0.39 is 0 Å². The predicted octanol–water partition coefficient (Wildman–Crippen LogP) is 3.91. The highest BCUT2D eigenvalue weighted by Crippen LogP contribution is 2.31. The number of rotatable bonds is 5. The maximum absolute atomic E-state index is 13.1. The Morgan fingerprint density at radius 1 is 1.36 bits per heavy atom. The number of carbonyl (C=O) groups is 1. The van der Waals surface area contributed by atoms with Crippen molar-refractivity contribution in [3.8, 4) is 11.4 Å². The molecule has 1 aromatic carbocycles. The van der Waals surface area contributed by atoms with E-state index in [2.05, 4.69) is 22.4 Å². The second-order valence-electron chi connectivity index (χ2n) is 6.25. The second kappa shape index (κ2) is 8.09. The van der Waals surface area contributed by atoms with Gasteiger partial charge in [-0.2, -0.15) is 4.98 Å². The molecule has 0 bridgehead atoms. The molecule has 1 atom stereocenters. The summed E-state index contributed by atoms with van der Waals surface area (Å²) in [5.41, 5.74) is 0.686. The number of piperidine rings is 1. The Balaban J connectivity index is 1.74. The largest absolute Gasteiger partial charge is 0.338 e. The van der Waals surface area contributed by atoms with Crippen LogP contribution in [0, 0.1) is 5.82 Å². The zero-order valence-electron chi connectivity index (χ0n) is 14.4. The Labute approximate surface area is 146 Å². The number of hydrogen-bond acceptors (Lipinski definition) is 4. The molecule has 2 amide bonds. The summed E-state index contributed by atoms with van der Waals surface area (Å²) in [6, 6.07) is 5.65. The number of unbranched alkanes of at least 4 members (excludes halogenated alkanes) is 1. The van der Waals surface area contributed by atoms with E-state index in [0.717, 1.165) is 32.1 Å². The molecule has 0 saturated carbocycles. The molecule has 1 N–H and O–H groups in total. The number of nitrogens with zero attached hydrogens (tertiary/aromatic N) is 3. The number of likely N-dealkylation sites (tertiary alicyclic amines) is 1. The molecule has 25 heavy (non-hydrogen) atoms. The van der Waals surface area contributed by atoms with Gasteiger partial charge in [-0.25, -0.2) is 9.18 Å². The molecule has 3 rings (SSSR count). The third-order valence-electron chi connectivity index (χ3n) is 4.40. The van der Waals surface area contributed by atoms with Crippen molar-refractivity contribution in [3.63, 3.8) is 0 Å². The van der Waals surface area contributed by atoms with Gasteiger partial charge >= 0.3 is 6.03 Å². The number of urea groups is 1. The highest BCUT2D eigenvalue weighted by Gasteiger charge is 2.32. The third kappa shape index (κ3) is 4.15. The Bertz CT molecular complexity index is 701. The van der Waals surface area contributed by atoms with Crippen molar-refractivity contribution in [1.29, 1.82) is 0 Å². The number of benzene rings is 1. The molecule has 1 fully saturated rings. The van der Waals surface area contributed by atoms with Gasteiger partial charge < -0.3 is 14.7 Å². The van der Waals surface area contributed by atoms with E-state index in [0.29, 0.717) is 30.4 Å². The number of carbonyl (C=O) groups excluding carboxylic acids is 1. The molecule has 2 heterocycles. The molecule has 0 aliphatic carbocycles. The lowest BCUT2D eigenvalue weighted by Gasteiger charge is -2.33. The van der Waals surface area contributed by atoms with Crippen LogP contribution in [0.3, 0.4) is 0 Å². The molecule has 6 nitrogen and oxygen atoms in total. The van der Waals surface area contributed by atoms with Crippen molar-refractivity contribution in [2.45, 2.75) is 45.1 Å². The van der Waals surface area contributed by atoms with Crippen molar-refractivity contribution in [3.05, 3.63) is 36.0 Å². The zero-order chi connectivity index (χ0) is 17.6. The standard InChI is InChI=1S/C18H23FN4O2/c1-2-3-11-20-18(24)23-12-5-4-6-15(23)17-21-16(22-25-17)13-7-9-14(19)10-8-13/h7-10,15H,2-6,11-12H2,1H3,(H,20,24). The van der Waals surface area contributed by atoms with Crippen molar-refractivity contribution in [2.24, 2.45) is 0 Å². The lowest BCUT2D eigenvalue weighted by molar-refractivity contribution is 0.132. The molecule has 1 aliphatic heterocycles. The van der Waals surface area contributed by atoms with Gasteiger partial charge in [0.25, 0.3) is 0 Å². The van der Waals surface area contributed by atoms with Crippen molar-refractivity contribution >= 4 is 6.03 Å². The van der Waals surface area contributed by atoms with Crippen molar-refractivity contribution in [1.82, 2.24) is 20.4 Å². The van der Waals surface area contributed by atoms with Crippen LogP contribution in [0.25, 0.3) is 11.4 Å². The van der Waals surface area contributed by atoms with Gasteiger partial charge in [0, 0.05) is 18.7 Å². The van der Waals surface area contributed by atoms with Gasteiger partial charge in [-0.15, -0.1) is 0 Å². The van der Waals surface area contributed by atoms with Gasteiger partial charge in [0.1, 0.15) is 11.9 Å². The molecule has 2 aromatic rings. The summed E-state index contributed by atoms with van der Waals surface area (Å²) in [4.78, 5) is 18.7. The Morgan fingerprint density at radius 3 is 2.92 bits per heavy atom. The zero-order valence-corrected chi connectivity index (χ0v) is 14.4. The van der Waals surface area contributed by atoms with E-state index in [1.54, 1.807) is 17.0 Å². The number of nitrogens with one attached hydrogen (secondary N) is 1. The van der Waals surface area contributed by atoms with Gasteiger partial charge in [0.2, 0.25) is 11.7 Å². The number of hydrogen-bond donors (Lipinski definition) is 1. The molecule has 7 heteroatoms. The summed E-state index contributed by atoms with van der Waals surface area (Å²) in [5.74, 6) is 0.534. The van der Waals surface area contributed by atoms with Crippen LogP contribution in [-0.4, -0.2) is 34.2 Å². The van der Waals surface area contributed by atoms with Crippen LogP contribution >= 0.6 is 0 Å². The summed E-state index contributed by atoms with van der Waals surface area (Å²) in [6.07, 6.45) is 4.77. The average molecular weight is 346 g/mol. The normalized spacial score (nSPS) is 17.5. The van der Waals surface area contributed by atoms with E-state index >= 15 is 0 Å². The van der Waals surface area contributed by atoms with Crippen LogP contribution in [-0.2, 0) is 0 Å². The van der Waals surface area contributed by atoms with Crippen LogP contribution in [0.4, 0.5) is 9.18 Å². The van der Waals surface area contributed by atoms with Crippen molar-refractivity contribution < 1.29 is 13.7 Å². The minimum absolute atomic E-state index is 0.0836. The Morgan fingerprint density at radius 2 is 2.16 bits per heavy atom. The van der Waals surface area contributed by atoms with E-state index in [4.69, 9.17) is 4.52 Å². The fraction of sp³-hybridized carbons (Fsp3) is 0.500. The van der Waals surface area contributed by atoms with Gasteiger partial charge in [-0.1, -0.05) is 18.5 Å². The first-order valence-corrected chi connectivity index (χ1v) is 8.83. The van der Waals surface area contributed by atoms with Crippen LogP contribution in [0.1, 0.15) is 51.0 Å².